The van der Waals surface area contributed by atoms with Crippen LogP contribution in [-0.2, 0) is 11.8 Å². The van der Waals surface area contributed by atoms with E-state index in [2.05, 4.69) is 0 Å². The molecule has 0 aliphatic rings. The number of rotatable bonds is 4. The molecule has 23 heavy (non-hydrogen) atoms. The Morgan fingerprint density at radius 1 is 0.522 bits per heavy atom. The Bertz CT molecular complexity index is 621. The summed E-state index contributed by atoms with van der Waals surface area (Å²) >= 11 is 0. The van der Waals surface area contributed by atoms with E-state index in [1.807, 2.05) is 0 Å². The van der Waals surface area contributed by atoms with Crippen molar-refractivity contribution < 1.29 is 36.6 Å². The van der Waals surface area contributed by atoms with E-state index in [0.717, 1.165) is 0 Å². The lowest BCUT2D eigenvalue weighted by atomic mass is 9.93. The average Bonchev–Trinajstić information content (AvgIpc) is 2.47. The first-order chi connectivity index (χ1) is 10.5. The Labute approximate surface area is 126 Å². The van der Waals surface area contributed by atoms with Crippen molar-refractivity contribution in [3.8, 4) is 11.5 Å². The van der Waals surface area contributed by atoms with Gasteiger partial charge < -0.3 is 10.2 Å². The molecule has 0 atom stereocenters. The Morgan fingerprint density at radius 3 is 1.04 bits per heavy atom. The Balaban J connectivity index is 2.49. The van der Waals surface area contributed by atoms with Crippen LogP contribution < -0.4 is 0 Å². The van der Waals surface area contributed by atoms with Crippen LogP contribution in [0.4, 0.5) is 26.3 Å². The number of halogens is 6. The van der Waals surface area contributed by atoms with Gasteiger partial charge in [0.25, 0.3) is 0 Å². The highest BCUT2D eigenvalue weighted by Crippen LogP contribution is 2.55. The zero-order chi connectivity index (χ0) is 17.5. The minimum atomic E-state index is -5.74. The summed E-state index contributed by atoms with van der Waals surface area (Å²) in [4.78, 5) is 0. The third-order valence-electron chi connectivity index (χ3n) is 3.25. The van der Waals surface area contributed by atoms with E-state index in [1.54, 1.807) is 0 Å². The van der Waals surface area contributed by atoms with Crippen molar-refractivity contribution in [1.29, 1.82) is 0 Å². The summed E-state index contributed by atoms with van der Waals surface area (Å²) in [6.07, 6.45) is 0. The van der Waals surface area contributed by atoms with Crippen LogP contribution >= 0.6 is 0 Å². The van der Waals surface area contributed by atoms with Gasteiger partial charge in [-0.3, -0.25) is 0 Å². The maximum absolute atomic E-state index is 14.0. The highest BCUT2D eigenvalue weighted by molar-refractivity contribution is 5.34. The SMILES string of the molecule is Oc1ccc(C(F)(F)C(F)(F)C(F)(F)c2ccc(O)cc2)cc1. The fourth-order valence-corrected chi connectivity index (χ4v) is 1.90. The summed E-state index contributed by atoms with van der Waals surface area (Å²) in [6, 6.07) is 4.53. The van der Waals surface area contributed by atoms with Gasteiger partial charge in [-0.05, 0) is 48.5 Å². The summed E-state index contributed by atoms with van der Waals surface area (Å²) in [5, 5.41) is 18.0. The number of alkyl halides is 6. The fourth-order valence-electron chi connectivity index (χ4n) is 1.90. The molecule has 2 rings (SSSR count). The second kappa shape index (κ2) is 5.36. The monoisotopic (exact) mass is 336 g/mol. The van der Waals surface area contributed by atoms with Crippen molar-refractivity contribution in [2.45, 2.75) is 17.8 Å². The molecule has 0 unspecified atom stereocenters. The van der Waals surface area contributed by atoms with Gasteiger partial charge in [0.1, 0.15) is 11.5 Å². The molecule has 0 fully saturated rings. The first kappa shape index (κ1) is 17.0. The Morgan fingerprint density at radius 2 is 0.783 bits per heavy atom. The summed E-state index contributed by atoms with van der Waals surface area (Å²) in [6.45, 7) is 0. The van der Waals surface area contributed by atoms with E-state index in [0.29, 0.717) is 48.5 Å². The van der Waals surface area contributed by atoms with Crippen molar-refractivity contribution in [1.82, 2.24) is 0 Å². The quantitative estimate of drug-likeness (QED) is 0.800. The smallest absolute Gasteiger partial charge is 0.380 e. The molecule has 0 saturated carbocycles. The molecule has 0 saturated heterocycles. The van der Waals surface area contributed by atoms with E-state index in [1.165, 1.54) is 0 Å². The minimum Gasteiger partial charge on any atom is -0.508 e. The maximum Gasteiger partial charge on any atom is 0.380 e. The third kappa shape index (κ3) is 2.69. The van der Waals surface area contributed by atoms with Crippen molar-refractivity contribution >= 4 is 0 Å². The molecule has 0 amide bonds. The molecule has 2 nitrogen and oxygen atoms in total. The first-order valence-corrected chi connectivity index (χ1v) is 6.22. The molecular formula is C15H10F6O2. The maximum atomic E-state index is 14.0. The molecule has 0 aliphatic heterocycles. The van der Waals surface area contributed by atoms with Crippen LogP contribution in [0.3, 0.4) is 0 Å². The van der Waals surface area contributed by atoms with Crippen LogP contribution in [0.5, 0.6) is 11.5 Å². The molecule has 0 bridgehead atoms. The molecule has 2 aromatic rings. The van der Waals surface area contributed by atoms with E-state index >= 15 is 0 Å². The summed E-state index contributed by atoms with van der Waals surface area (Å²) in [5.41, 5.74) is -2.72. The van der Waals surface area contributed by atoms with Gasteiger partial charge in [0.2, 0.25) is 0 Å². The van der Waals surface area contributed by atoms with Gasteiger partial charge >= 0.3 is 17.8 Å². The molecular weight excluding hydrogens is 326 g/mol. The Hall–Kier alpha value is -2.38. The van der Waals surface area contributed by atoms with Crippen LogP contribution in [-0.4, -0.2) is 16.1 Å². The fraction of sp³-hybridized carbons (Fsp3) is 0.200. The summed E-state index contributed by atoms with van der Waals surface area (Å²) in [5.74, 6) is -17.1. The zero-order valence-corrected chi connectivity index (χ0v) is 11.3. The van der Waals surface area contributed by atoms with Gasteiger partial charge in [-0.25, -0.2) is 0 Å². The van der Waals surface area contributed by atoms with Gasteiger partial charge in [-0.2, -0.15) is 26.3 Å². The third-order valence-corrected chi connectivity index (χ3v) is 3.25. The van der Waals surface area contributed by atoms with Crippen molar-refractivity contribution in [3.05, 3.63) is 59.7 Å². The Kier molecular flexibility index (Phi) is 3.96. The van der Waals surface area contributed by atoms with E-state index in [-0.39, 0.29) is 0 Å². The van der Waals surface area contributed by atoms with Gasteiger partial charge in [-0.1, -0.05) is 0 Å². The normalized spacial score (nSPS) is 13.1. The first-order valence-electron chi connectivity index (χ1n) is 6.22. The van der Waals surface area contributed by atoms with Crippen LogP contribution in [0, 0.1) is 0 Å². The van der Waals surface area contributed by atoms with Gasteiger partial charge in [0, 0.05) is 11.1 Å². The number of aromatic hydroxyl groups is 2. The summed E-state index contributed by atoms with van der Waals surface area (Å²) < 4.78 is 83.7. The van der Waals surface area contributed by atoms with Gasteiger partial charge in [0.05, 0.1) is 0 Å². The highest BCUT2D eigenvalue weighted by atomic mass is 19.3. The molecule has 2 N–H and O–H groups in total. The van der Waals surface area contributed by atoms with Crippen molar-refractivity contribution in [2.75, 3.05) is 0 Å². The average molecular weight is 336 g/mol. The molecule has 2 aromatic carbocycles. The number of phenolic OH excluding ortho intramolecular Hbond substituents is 2. The number of hydrogen-bond donors (Lipinski definition) is 2. The number of benzene rings is 2. The lowest BCUT2D eigenvalue weighted by molar-refractivity contribution is -0.321. The highest BCUT2D eigenvalue weighted by Gasteiger charge is 2.72. The van der Waals surface area contributed by atoms with Crippen LogP contribution in [0.2, 0.25) is 0 Å². The van der Waals surface area contributed by atoms with Crippen molar-refractivity contribution in [2.24, 2.45) is 0 Å². The largest absolute Gasteiger partial charge is 0.508 e. The predicted octanol–water partition coefficient (Wildman–Crippen LogP) is 4.62. The molecule has 0 spiro atoms. The van der Waals surface area contributed by atoms with Gasteiger partial charge in [0.15, 0.2) is 0 Å². The lowest BCUT2D eigenvalue weighted by Gasteiger charge is -2.33. The van der Waals surface area contributed by atoms with Crippen LogP contribution in [0.25, 0.3) is 0 Å². The van der Waals surface area contributed by atoms with Crippen LogP contribution in [0.1, 0.15) is 11.1 Å². The number of hydrogen-bond acceptors (Lipinski definition) is 2. The van der Waals surface area contributed by atoms with E-state index in [4.69, 9.17) is 10.2 Å². The molecule has 0 heterocycles. The van der Waals surface area contributed by atoms with E-state index < -0.39 is 40.4 Å². The zero-order valence-electron chi connectivity index (χ0n) is 11.3. The standard InChI is InChI=1S/C15H10F6O2/c16-13(17,9-1-5-11(22)6-2-9)15(20,21)14(18,19)10-3-7-12(23)8-4-10/h1-8,22-23H. The topological polar surface area (TPSA) is 40.5 Å². The minimum absolute atomic E-state index is 0.441. The van der Waals surface area contributed by atoms with Gasteiger partial charge in [-0.15, -0.1) is 0 Å². The van der Waals surface area contributed by atoms with E-state index in [9.17, 15) is 26.3 Å². The lowest BCUT2D eigenvalue weighted by Crippen LogP contribution is -2.50. The molecule has 0 aromatic heterocycles. The molecule has 8 heteroatoms. The summed E-state index contributed by atoms with van der Waals surface area (Å²) in [7, 11) is 0. The van der Waals surface area contributed by atoms with Crippen molar-refractivity contribution in [3.63, 3.8) is 0 Å². The molecule has 0 radical (unpaired) electrons. The molecule has 0 aliphatic carbocycles. The molecule has 124 valence electrons. The number of phenols is 2. The second-order valence-corrected chi connectivity index (χ2v) is 4.82. The second-order valence-electron chi connectivity index (χ2n) is 4.82. The predicted molar refractivity (Wildman–Crippen MR) is 68.9 cm³/mol. The van der Waals surface area contributed by atoms with Crippen LogP contribution in [0.15, 0.2) is 48.5 Å².